The quantitative estimate of drug-likeness (QED) is 0.758. The first kappa shape index (κ1) is 10.5. The van der Waals surface area contributed by atoms with Gasteiger partial charge < -0.3 is 5.32 Å². The SMILES string of the molecule is Clc1ccc([C@@H]2C[C@H]3CCCC[C@@H]2N3)cn1. The third-order valence-corrected chi connectivity index (χ3v) is 4.19. The van der Waals surface area contributed by atoms with Gasteiger partial charge in [0.05, 0.1) is 0 Å². The van der Waals surface area contributed by atoms with Gasteiger partial charge in [0.25, 0.3) is 0 Å². The van der Waals surface area contributed by atoms with Crippen molar-refractivity contribution >= 4 is 11.6 Å². The normalized spacial score (nSPS) is 33.7. The Kier molecular flexibility index (Phi) is 2.86. The standard InChI is InChI=1S/C13H17ClN2/c14-13-6-5-9(8-15-13)11-7-10-3-1-2-4-12(11)16-10/h5-6,8,10-12,16H,1-4,7H2/t10-,11+,12+/m1/s1. The molecule has 2 aliphatic rings. The maximum Gasteiger partial charge on any atom is 0.129 e. The first-order valence-electron chi connectivity index (χ1n) is 6.20. The van der Waals surface area contributed by atoms with Crippen molar-refractivity contribution in [3.63, 3.8) is 0 Å². The van der Waals surface area contributed by atoms with Crippen molar-refractivity contribution in [3.8, 4) is 0 Å². The smallest absolute Gasteiger partial charge is 0.129 e. The van der Waals surface area contributed by atoms with Gasteiger partial charge in [0.2, 0.25) is 0 Å². The van der Waals surface area contributed by atoms with Gasteiger partial charge in [-0.25, -0.2) is 4.98 Å². The molecule has 3 atom stereocenters. The number of pyridine rings is 1. The molecule has 3 heterocycles. The van der Waals surface area contributed by atoms with Crippen LogP contribution >= 0.6 is 11.6 Å². The predicted molar refractivity (Wildman–Crippen MR) is 65.8 cm³/mol. The highest BCUT2D eigenvalue weighted by atomic mass is 35.5. The van der Waals surface area contributed by atoms with E-state index in [1.165, 1.54) is 37.7 Å². The van der Waals surface area contributed by atoms with E-state index in [9.17, 15) is 0 Å². The molecule has 0 amide bonds. The lowest BCUT2D eigenvalue weighted by Gasteiger charge is -2.19. The van der Waals surface area contributed by atoms with Crippen LogP contribution in [0.1, 0.15) is 43.6 Å². The van der Waals surface area contributed by atoms with Crippen molar-refractivity contribution in [2.24, 2.45) is 0 Å². The Balaban J connectivity index is 1.82. The first-order valence-corrected chi connectivity index (χ1v) is 6.58. The van der Waals surface area contributed by atoms with Crippen LogP contribution in [0, 0.1) is 0 Å². The average Bonchev–Trinajstić information content (AvgIpc) is 2.52. The predicted octanol–water partition coefficient (Wildman–Crippen LogP) is 3.12. The van der Waals surface area contributed by atoms with Gasteiger partial charge in [-0.2, -0.15) is 0 Å². The van der Waals surface area contributed by atoms with Crippen LogP contribution in [0.4, 0.5) is 0 Å². The fourth-order valence-corrected chi connectivity index (χ4v) is 3.29. The Bertz CT molecular complexity index is 363. The van der Waals surface area contributed by atoms with Crippen molar-refractivity contribution in [1.82, 2.24) is 10.3 Å². The third kappa shape index (κ3) is 1.96. The summed E-state index contributed by atoms with van der Waals surface area (Å²) in [5.74, 6) is 0.648. The van der Waals surface area contributed by atoms with Crippen molar-refractivity contribution in [1.29, 1.82) is 0 Å². The number of nitrogens with one attached hydrogen (secondary N) is 1. The van der Waals surface area contributed by atoms with Crippen LogP contribution in [0.3, 0.4) is 0 Å². The molecule has 1 aromatic heterocycles. The fraction of sp³-hybridized carbons (Fsp3) is 0.615. The van der Waals surface area contributed by atoms with E-state index in [0.717, 1.165) is 6.04 Å². The third-order valence-electron chi connectivity index (χ3n) is 3.97. The first-order chi connectivity index (χ1) is 7.83. The van der Waals surface area contributed by atoms with Crippen molar-refractivity contribution in [3.05, 3.63) is 29.0 Å². The molecule has 0 saturated carbocycles. The van der Waals surface area contributed by atoms with Crippen LogP contribution < -0.4 is 5.32 Å². The van der Waals surface area contributed by atoms with Crippen LogP contribution in [-0.4, -0.2) is 17.1 Å². The van der Waals surface area contributed by atoms with E-state index in [1.807, 2.05) is 12.3 Å². The summed E-state index contributed by atoms with van der Waals surface area (Å²) in [4.78, 5) is 4.20. The summed E-state index contributed by atoms with van der Waals surface area (Å²) < 4.78 is 0. The molecule has 2 fully saturated rings. The van der Waals surface area contributed by atoms with Gasteiger partial charge in [-0.05, 0) is 30.9 Å². The second-order valence-electron chi connectivity index (χ2n) is 5.01. The average molecular weight is 237 g/mol. The highest BCUT2D eigenvalue weighted by Gasteiger charge is 2.35. The van der Waals surface area contributed by atoms with E-state index in [-0.39, 0.29) is 0 Å². The highest BCUT2D eigenvalue weighted by molar-refractivity contribution is 6.29. The van der Waals surface area contributed by atoms with E-state index in [4.69, 9.17) is 11.6 Å². The molecule has 3 heteroatoms. The van der Waals surface area contributed by atoms with E-state index in [0.29, 0.717) is 17.1 Å². The Morgan fingerprint density at radius 2 is 2.12 bits per heavy atom. The molecule has 2 nitrogen and oxygen atoms in total. The molecule has 86 valence electrons. The monoisotopic (exact) mass is 236 g/mol. The Morgan fingerprint density at radius 1 is 1.25 bits per heavy atom. The molecular weight excluding hydrogens is 220 g/mol. The fourth-order valence-electron chi connectivity index (χ4n) is 3.17. The molecule has 1 N–H and O–H groups in total. The minimum Gasteiger partial charge on any atom is -0.311 e. The summed E-state index contributed by atoms with van der Waals surface area (Å²) in [6, 6.07) is 5.44. The molecule has 1 aromatic rings. The number of rotatable bonds is 1. The van der Waals surface area contributed by atoms with Crippen LogP contribution in [-0.2, 0) is 0 Å². The van der Waals surface area contributed by atoms with E-state index >= 15 is 0 Å². The zero-order valence-corrected chi connectivity index (χ0v) is 10.1. The second kappa shape index (κ2) is 4.34. The maximum atomic E-state index is 5.83. The lowest BCUT2D eigenvalue weighted by molar-refractivity contribution is 0.497. The summed E-state index contributed by atoms with van der Waals surface area (Å²) in [5.41, 5.74) is 1.35. The Hall–Kier alpha value is -0.600. The summed E-state index contributed by atoms with van der Waals surface area (Å²) >= 11 is 5.83. The zero-order valence-electron chi connectivity index (χ0n) is 9.32. The van der Waals surface area contributed by atoms with Crippen LogP contribution in [0.25, 0.3) is 0 Å². The van der Waals surface area contributed by atoms with Crippen molar-refractivity contribution < 1.29 is 0 Å². The number of aromatic nitrogens is 1. The molecular formula is C13H17ClN2. The molecule has 2 bridgehead atoms. The minimum absolute atomic E-state index is 0.593. The van der Waals surface area contributed by atoms with Gasteiger partial charge in [-0.1, -0.05) is 30.5 Å². The van der Waals surface area contributed by atoms with Crippen molar-refractivity contribution in [2.45, 2.75) is 50.1 Å². The maximum absolute atomic E-state index is 5.83. The van der Waals surface area contributed by atoms with Crippen LogP contribution in [0.2, 0.25) is 5.15 Å². The van der Waals surface area contributed by atoms with Gasteiger partial charge in [0.1, 0.15) is 5.15 Å². The van der Waals surface area contributed by atoms with Gasteiger partial charge >= 0.3 is 0 Å². The summed E-state index contributed by atoms with van der Waals surface area (Å²) in [5, 5.41) is 4.35. The van der Waals surface area contributed by atoms with E-state index in [2.05, 4.69) is 16.4 Å². The number of hydrogen-bond acceptors (Lipinski definition) is 2. The molecule has 2 aliphatic heterocycles. The number of nitrogens with zero attached hydrogens (tertiary/aromatic N) is 1. The van der Waals surface area contributed by atoms with E-state index < -0.39 is 0 Å². The molecule has 0 spiro atoms. The molecule has 3 rings (SSSR count). The summed E-state index contributed by atoms with van der Waals surface area (Å²) in [6.07, 6.45) is 8.63. The Labute approximate surface area is 101 Å². The van der Waals surface area contributed by atoms with Gasteiger partial charge in [0.15, 0.2) is 0 Å². The van der Waals surface area contributed by atoms with Gasteiger partial charge in [-0.15, -0.1) is 0 Å². The summed E-state index contributed by atoms with van der Waals surface area (Å²) in [7, 11) is 0. The lowest BCUT2D eigenvalue weighted by atomic mass is 9.86. The topological polar surface area (TPSA) is 24.9 Å². The minimum atomic E-state index is 0.593. The molecule has 0 aliphatic carbocycles. The number of fused-ring (bicyclic) bond motifs is 2. The van der Waals surface area contributed by atoms with Crippen molar-refractivity contribution in [2.75, 3.05) is 0 Å². The molecule has 2 saturated heterocycles. The molecule has 16 heavy (non-hydrogen) atoms. The van der Waals surface area contributed by atoms with Crippen LogP contribution in [0.5, 0.6) is 0 Å². The van der Waals surface area contributed by atoms with Gasteiger partial charge in [-0.3, -0.25) is 0 Å². The largest absolute Gasteiger partial charge is 0.311 e. The second-order valence-corrected chi connectivity index (χ2v) is 5.40. The highest BCUT2D eigenvalue weighted by Crippen LogP contribution is 2.37. The lowest BCUT2D eigenvalue weighted by Crippen LogP contribution is -2.28. The summed E-state index contributed by atoms with van der Waals surface area (Å²) in [6.45, 7) is 0. The molecule has 0 aromatic carbocycles. The Morgan fingerprint density at radius 3 is 2.94 bits per heavy atom. The van der Waals surface area contributed by atoms with E-state index in [1.54, 1.807) is 0 Å². The van der Waals surface area contributed by atoms with Crippen LogP contribution in [0.15, 0.2) is 18.3 Å². The number of halogens is 1. The molecule has 0 radical (unpaired) electrons. The molecule has 0 unspecified atom stereocenters. The van der Waals surface area contributed by atoms with Gasteiger partial charge in [0, 0.05) is 24.2 Å². The number of hydrogen-bond donors (Lipinski definition) is 1. The zero-order chi connectivity index (χ0) is 11.0.